The molecule has 150 valence electrons. The molecule has 1 aliphatic carbocycles. The number of hydrogen-bond donors (Lipinski definition) is 0. The quantitative estimate of drug-likeness (QED) is 0.430. The first-order valence-corrected chi connectivity index (χ1v) is 11.6. The van der Waals surface area contributed by atoms with E-state index in [0.717, 1.165) is 34.6 Å². The summed E-state index contributed by atoms with van der Waals surface area (Å²) in [5.41, 5.74) is 1.32. The summed E-state index contributed by atoms with van der Waals surface area (Å²) in [7, 11) is 0. The van der Waals surface area contributed by atoms with Crippen LogP contribution in [0.5, 0.6) is 0 Å². The predicted molar refractivity (Wildman–Crippen MR) is 113 cm³/mol. The van der Waals surface area contributed by atoms with E-state index in [1.807, 2.05) is 27.7 Å². The van der Waals surface area contributed by atoms with Crippen LogP contribution in [-0.4, -0.2) is 19.7 Å². The van der Waals surface area contributed by atoms with Gasteiger partial charge in [-0.25, -0.2) is 4.98 Å². The van der Waals surface area contributed by atoms with Gasteiger partial charge in [0.15, 0.2) is 11.0 Å². The zero-order valence-corrected chi connectivity index (χ0v) is 18.6. The number of nitrogens with zero attached hydrogens (tertiary/aromatic N) is 4. The van der Waals surface area contributed by atoms with Crippen LogP contribution in [0.1, 0.15) is 74.4 Å². The van der Waals surface area contributed by atoms with Gasteiger partial charge < -0.3 is 4.52 Å². The lowest BCUT2D eigenvalue weighted by Gasteiger charge is -2.17. The molecule has 28 heavy (non-hydrogen) atoms. The lowest BCUT2D eigenvalue weighted by Crippen LogP contribution is -2.23. The van der Waals surface area contributed by atoms with Gasteiger partial charge in [-0.3, -0.25) is 9.36 Å². The van der Waals surface area contributed by atoms with Crippen molar-refractivity contribution < 1.29 is 4.52 Å². The summed E-state index contributed by atoms with van der Waals surface area (Å²) in [5, 5.41) is 5.54. The van der Waals surface area contributed by atoms with Gasteiger partial charge in [-0.15, -0.1) is 11.3 Å². The Morgan fingerprint density at radius 2 is 2.11 bits per heavy atom. The Hall–Kier alpha value is -1.67. The molecule has 3 aromatic rings. The molecular formula is C20H26N4O2S2. The van der Waals surface area contributed by atoms with E-state index in [1.165, 1.54) is 22.2 Å². The number of rotatable bonds is 5. The molecule has 0 radical (unpaired) electrons. The van der Waals surface area contributed by atoms with E-state index < -0.39 is 0 Å². The Morgan fingerprint density at radius 3 is 2.79 bits per heavy atom. The highest BCUT2D eigenvalue weighted by Gasteiger charge is 2.26. The number of fused-ring (bicyclic) bond motifs is 3. The average molecular weight is 419 g/mol. The second kappa shape index (κ2) is 7.63. The summed E-state index contributed by atoms with van der Waals surface area (Å²) in [4.78, 5) is 24.9. The molecule has 0 saturated carbocycles. The number of hydrogen-bond acceptors (Lipinski definition) is 7. The van der Waals surface area contributed by atoms with E-state index in [9.17, 15) is 4.79 Å². The SMILES string of the molecule is CCn1c(S[C@H](C)c2nc(C(C)C)no2)nc2sc3c(c2c1=O)CC[C@H](C)C3. The van der Waals surface area contributed by atoms with Gasteiger partial charge >= 0.3 is 0 Å². The molecule has 3 aromatic heterocycles. The van der Waals surface area contributed by atoms with Crippen LogP contribution in [0.4, 0.5) is 0 Å². The number of aromatic nitrogens is 4. The van der Waals surface area contributed by atoms with Crippen LogP contribution in [0.2, 0.25) is 0 Å². The molecule has 0 N–H and O–H groups in total. The fourth-order valence-corrected chi connectivity index (χ4v) is 6.06. The first kappa shape index (κ1) is 19.6. The lowest BCUT2D eigenvalue weighted by molar-refractivity contribution is 0.372. The minimum absolute atomic E-state index is 0.0724. The third kappa shape index (κ3) is 3.41. The molecular weight excluding hydrogens is 392 g/mol. The molecule has 0 spiro atoms. The van der Waals surface area contributed by atoms with Crippen molar-refractivity contribution in [3.05, 3.63) is 32.5 Å². The molecule has 0 bridgehead atoms. The van der Waals surface area contributed by atoms with Crippen molar-refractivity contribution in [1.29, 1.82) is 0 Å². The van der Waals surface area contributed by atoms with E-state index in [-0.39, 0.29) is 16.7 Å². The first-order valence-electron chi connectivity index (χ1n) is 9.94. The van der Waals surface area contributed by atoms with Gasteiger partial charge in [0.05, 0.1) is 10.6 Å². The van der Waals surface area contributed by atoms with Crippen molar-refractivity contribution in [2.45, 2.75) is 76.8 Å². The molecule has 0 unspecified atom stereocenters. The summed E-state index contributed by atoms with van der Waals surface area (Å²) in [6.07, 6.45) is 3.19. The van der Waals surface area contributed by atoms with Crippen molar-refractivity contribution >= 4 is 33.3 Å². The highest BCUT2D eigenvalue weighted by molar-refractivity contribution is 7.99. The van der Waals surface area contributed by atoms with Gasteiger partial charge in [-0.2, -0.15) is 4.98 Å². The standard InChI is InChI=1S/C20H26N4O2S2/c1-6-24-19(25)15-13-8-7-11(4)9-14(13)28-18(15)22-20(24)27-12(5)17-21-16(10(2)3)23-26-17/h10-12H,6-9H2,1-5H3/t11-,12+/m0/s1. The van der Waals surface area contributed by atoms with Gasteiger partial charge in [0.25, 0.3) is 5.56 Å². The van der Waals surface area contributed by atoms with Crippen molar-refractivity contribution in [1.82, 2.24) is 19.7 Å². The smallest absolute Gasteiger partial charge is 0.263 e. The maximum absolute atomic E-state index is 13.3. The van der Waals surface area contributed by atoms with Crippen molar-refractivity contribution in [3.63, 3.8) is 0 Å². The second-order valence-electron chi connectivity index (χ2n) is 7.88. The van der Waals surface area contributed by atoms with Crippen LogP contribution in [0.15, 0.2) is 14.5 Å². The average Bonchev–Trinajstić information content (AvgIpc) is 3.26. The maximum Gasteiger partial charge on any atom is 0.263 e. The van der Waals surface area contributed by atoms with Gasteiger partial charge in [0, 0.05) is 17.3 Å². The highest BCUT2D eigenvalue weighted by atomic mass is 32.2. The molecule has 3 heterocycles. The van der Waals surface area contributed by atoms with Crippen LogP contribution in [0, 0.1) is 5.92 Å². The summed E-state index contributed by atoms with van der Waals surface area (Å²) >= 11 is 3.20. The minimum atomic E-state index is -0.0724. The zero-order chi connectivity index (χ0) is 20.0. The molecule has 6 nitrogen and oxygen atoms in total. The molecule has 2 atom stereocenters. The second-order valence-corrected chi connectivity index (χ2v) is 10.3. The Labute approximate surface area is 172 Å². The van der Waals surface area contributed by atoms with Crippen LogP contribution in [0.25, 0.3) is 10.2 Å². The lowest BCUT2D eigenvalue weighted by atomic mass is 9.89. The van der Waals surface area contributed by atoms with E-state index >= 15 is 0 Å². The van der Waals surface area contributed by atoms with Crippen LogP contribution in [-0.2, 0) is 19.4 Å². The van der Waals surface area contributed by atoms with E-state index in [0.29, 0.717) is 24.2 Å². The Bertz CT molecular complexity index is 1070. The molecule has 1 aliphatic rings. The molecule has 0 amide bonds. The molecule has 0 fully saturated rings. The predicted octanol–water partition coefficient (Wildman–Crippen LogP) is 4.96. The van der Waals surface area contributed by atoms with Crippen molar-refractivity contribution in [2.24, 2.45) is 5.92 Å². The summed E-state index contributed by atoms with van der Waals surface area (Å²) in [6.45, 7) is 11.0. The number of thiophene rings is 1. The summed E-state index contributed by atoms with van der Waals surface area (Å²) in [6, 6.07) is 0. The Balaban J connectivity index is 1.73. The van der Waals surface area contributed by atoms with E-state index in [4.69, 9.17) is 9.51 Å². The number of aryl methyl sites for hydroxylation is 1. The fraction of sp³-hybridized carbons (Fsp3) is 0.600. The van der Waals surface area contributed by atoms with Crippen molar-refractivity contribution in [3.8, 4) is 0 Å². The van der Waals surface area contributed by atoms with Crippen LogP contribution in [0.3, 0.4) is 0 Å². The highest BCUT2D eigenvalue weighted by Crippen LogP contribution is 2.38. The maximum atomic E-state index is 13.3. The summed E-state index contributed by atoms with van der Waals surface area (Å²) in [5.74, 6) is 2.18. The minimum Gasteiger partial charge on any atom is -0.338 e. The van der Waals surface area contributed by atoms with Crippen LogP contribution < -0.4 is 5.56 Å². The largest absolute Gasteiger partial charge is 0.338 e. The molecule has 4 rings (SSSR count). The molecule has 0 saturated heterocycles. The van der Waals surface area contributed by atoms with Gasteiger partial charge in [0.1, 0.15) is 4.83 Å². The van der Waals surface area contributed by atoms with E-state index in [2.05, 4.69) is 17.1 Å². The van der Waals surface area contributed by atoms with Gasteiger partial charge in [-0.1, -0.05) is 37.7 Å². The van der Waals surface area contributed by atoms with E-state index in [1.54, 1.807) is 15.9 Å². The summed E-state index contributed by atoms with van der Waals surface area (Å²) < 4.78 is 7.22. The normalized spacial score (nSPS) is 18.0. The Kier molecular flexibility index (Phi) is 5.35. The molecule has 8 heteroatoms. The fourth-order valence-electron chi connectivity index (χ4n) is 3.63. The Morgan fingerprint density at radius 1 is 1.32 bits per heavy atom. The zero-order valence-electron chi connectivity index (χ0n) is 17.0. The third-order valence-corrected chi connectivity index (χ3v) is 7.53. The third-order valence-electron chi connectivity index (χ3n) is 5.30. The van der Waals surface area contributed by atoms with Crippen molar-refractivity contribution in [2.75, 3.05) is 0 Å². The van der Waals surface area contributed by atoms with Gasteiger partial charge in [0.2, 0.25) is 5.89 Å². The topological polar surface area (TPSA) is 73.8 Å². The molecule has 0 aliphatic heterocycles. The molecule has 0 aromatic carbocycles. The van der Waals surface area contributed by atoms with Gasteiger partial charge in [-0.05, 0) is 44.6 Å². The number of thioether (sulfide) groups is 1. The first-order chi connectivity index (χ1) is 13.4. The van der Waals surface area contributed by atoms with Crippen LogP contribution >= 0.6 is 23.1 Å². The monoisotopic (exact) mass is 418 g/mol.